The number of fused-ring (bicyclic) bond motifs is 1. The molecule has 1 aromatic heterocycles. The van der Waals surface area contributed by atoms with Gasteiger partial charge in [0.15, 0.2) is 0 Å². The summed E-state index contributed by atoms with van der Waals surface area (Å²) < 4.78 is 0. The summed E-state index contributed by atoms with van der Waals surface area (Å²) in [5, 5.41) is 5.58. The SMILES string of the molecule is CCCNc1nc2c(Cl)cc(Cl)cc2cc1CC. The van der Waals surface area contributed by atoms with Crippen LogP contribution in [0.4, 0.5) is 5.82 Å². The molecule has 2 nitrogen and oxygen atoms in total. The van der Waals surface area contributed by atoms with Crippen molar-refractivity contribution in [3.05, 3.63) is 33.8 Å². The van der Waals surface area contributed by atoms with Crippen LogP contribution >= 0.6 is 23.2 Å². The minimum Gasteiger partial charge on any atom is -0.370 e. The second-order valence-corrected chi connectivity index (χ2v) is 5.08. The van der Waals surface area contributed by atoms with E-state index in [0.717, 1.165) is 36.1 Å². The Kier molecular flexibility index (Phi) is 4.31. The predicted octanol–water partition coefficient (Wildman–Crippen LogP) is 4.93. The van der Waals surface area contributed by atoms with E-state index in [2.05, 4.69) is 30.2 Å². The molecule has 0 saturated heterocycles. The Morgan fingerprint density at radius 2 is 1.94 bits per heavy atom. The lowest BCUT2D eigenvalue weighted by Gasteiger charge is -2.11. The molecular weight excluding hydrogens is 267 g/mol. The van der Waals surface area contributed by atoms with Crippen LogP contribution in [0, 0.1) is 0 Å². The van der Waals surface area contributed by atoms with Gasteiger partial charge in [-0.2, -0.15) is 0 Å². The largest absolute Gasteiger partial charge is 0.370 e. The zero-order chi connectivity index (χ0) is 13.1. The highest BCUT2D eigenvalue weighted by Gasteiger charge is 2.08. The van der Waals surface area contributed by atoms with Crippen LogP contribution in [-0.2, 0) is 6.42 Å². The topological polar surface area (TPSA) is 24.9 Å². The number of aromatic nitrogens is 1. The van der Waals surface area contributed by atoms with Crippen LogP contribution in [0.25, 0.3) is 10.9 Å². The van der Waals surface area contributed by atoms with E-state index in [9.17, 15) is 0 Å². The van der Waals surface area contributed by atoms with Crippen LogP contribution in [0.5, 0.6) is 0 Å². The highest BCUT2D eigenvalue weighted by Crippen LogP contribution is 2.29. The standard InChI is InChI=1S/C14H16Cl2N2/c1-3-5-17-14-9(4-2)6-10-7-11(15)8-12(16)13(10)18-14/h6-8H,3-5H2,1-2H3,(H,17,18). The Balaban J connectivity index is 2.57. The fraction of sp³-hybridized carbons (Fsp3) is 0.357. The number of hydrogen-bond donors (Lipinski definition) is 1. The van der Waals surface area contributed by atoms with Crippen molar-refractivity contribution >= 4 is 39.9 Å². The number of hydrogen-bond acceptors (Lipinski definition) is 2. The molecule has 1 N–H and O–H groups in total. The summed E-state index contributed by atoms with van der Waals surface area (Å²) in [5.41, 5.74) is 1.99. The van der Waals surface area contributed by atoms with E-state index in [1.807, 2.05) is 6.07 Å². The van der Waals surface area contributed by atoms with Gasteiger partial charge in [-0.15, -0.1) is 0 Å². The third kappa shape index (κ3) is 2.70. The Morgan fingerprint density at radius 3 is 2.61 bits per heavy atom. The van der Waals surface area contributed by atoms with Gasteiger partial charge in [0, 0.05) is 17.0 Å². The lowest BCUT2D eigenvalue weighted by Crippen LogP contribution is -2.05. The van der Waals surface area contributed by atoms with Crippen LogP contribution in [0.15, 0.2) is 18.2 Å². The van der Waals surface area contributed by atoms with Crippen molar-refractivity contribution in [2.75, 3.05) is 11.9 Å². The Hall–Kier alpha value is -0.990. The summed E-state index contributed by atoms with van der Waals surface area (Å²) in [7, 11) is 0. The molecule has 4 heteroatoms. The first kappa shape index (κ1) is 13.4. The summed E-state index contributed by atoms with van der Waals surface area (Å²) >= 11 is 12.2. The highest BCUT2D eigenvalue weighted by atomic mass is 35.5. The molecule has 0 saturated carbocycles. The summed E-state index contributed by atoms with van der Waals surface area (Å²) in [6, 6.07) is 5.74. The number of pyridine rings is 1. The maximum absolute atomic E-state index is 6.19. The maximum Gasteiger partial charge on any atom is 0.129 e. The third-order valence-electron chi connectivity index (χ3n) is 2.84. The van der Waals surface area contributed by atoms with Gasteiger partial charge in [0.25, 0.3) is 0 Å². The van der Waals surface area contributed by atoms with Crippen molar-refractivity contribution in [2.24, 2.45) is 0 Å². The van der Waals surface area contributed by atoms with Crippen molar-refractivity contribution in [3.8, 4) is 0 Å². The lowest BCUT2D eigenvalue weighted by atomic mass is 10.1. The second kappa shape index (κ2) is 5.77. The van der Waals surface area contributed by atoms with Crippen molar-refractivity contribution in [2.45, 2.75) is 26.7 Å². The van der Waals surface area contributed by atoms with Gasteiger partial charge >= 0.3 is 0 Å². The van der Waals surface area contributed by atoms with Gasteiger partial charge in [0.1, 0.15) is 5.82 Å². The number of anilines is 1. The van der Waals surface area contributed by atoms with Gasteiger partial charge in [-0.25, -0.2) is 4.98 Å². The number of aryl methyl sites for hydroxylation is 1. The molecule has 0 radical (unpaired) electrons. The number of nitrogens with one attached hydrogen (secondary N) is 1. The molecule has 1 aromatic carbocycles. The molecule has 0 fully saturated rings. The van der Waals surface area contributed by atoms with E-state index in [0.29, 0.717) is 10.0 Å². The molecule has 96 valence electrons. The van der Waals surface area contributed by atoms with E-state index >= 15 is 0 Å². The molecule has 0 aliphatic rings. The van der Waals surface area contributed by atoms with E-state index in [4.69, 9.17) is 23.2 Å². The van der Waals surface area contributed by atoms with Gasteiger partial charge in [-0.3, -0.25) is 0 Å². The van der Waals surface area contributed by atoms with Gasteiger partial charge < -0.3 is 5.32 Å². The van der Waals surface area contributed by atoms with Crippen LogP contribution < -0.4 is 5.32 Å². The normalized spacial score (nSPS) is 10.9. The van der Waals surface area contributed by atoms with E-state index < -0.39 is 0 Å². The Labute approximate surface area is 117 Å². The molecule has 1 heterocycles. The fourth-order valence-electron chi connectivity index (χ4n) is 1.92. The summed E-state index contributed by atoms with van der Waals surface area (Å²) in [6.45, 7) is 5.16. The summed E-state index contributed by atoms with van der Waals surface area (Å²) in [4.78, 5) is 4.62. The first-order chi connectivity index (χ1) is 8.65. The molecule has 0 bridgehead atoms. The van der Waals surface area contributed by atoms with E-state index in [1.165, 1.54) is 5.56 Å². The maximum atomic E-state index is 6.19. The zero-order valence-electron chi connectivity index (χ0n) is 10.6. The smallest absolute Gasteiger partial charge is 0.129 e. The minimum atomic E-state index is 0.597. The monoisotopic (exact) mass is 282 g/mol. The molecule has 0 amide bonds. The summed E-state index contributed by atoms with van der Waals surface area (Å²) in [5.74, 6) is 0.927. The van der Waals surface area contributed by atoms with Crippen molar-refractivity contribution in [1.82, 2.24) is 4.98 Å². The third-order valence-corrected chi connectivity index (χ3v) is 3.34. The first-order valence-electron chi connectivity index (χ1n) is 6.18. The molecule has 0 atom stereocenters. The number of nitrogens with zero attached hydrogens (tertiary/aromatic N) is 1. The van der Waals surface area contributed by atoms with Gasteiger partial charge in [0.05, 0.1) is 10.5 Å². The average Bonchev–Trinajstić information content (AvgIpc) is 2.35. The summed E-state index contributed by atoms with van der Waals surface area (Å²) in [6.07, 6.45) is 2.00. The molecule has 0 aliphatic heterocycles. The average molecular weight is 283 g/mol. The van der Waals surface area contributed by atoms with Gasteiger partial charge in [0.2, 0.25) is 0 Å². The predicted molar refractivity (Wildman–Crippen MR) is 79.9 cm³/mol. The van der Waals surface area contributed by atoms with Crippen LogP contribution in [-0.4, -0.2) is 11.5 Å². The van der Waals surface area contributed by atoms with E-state index in [1.54, 1.807) is 6.07 Å². The number of rotatable bonds is 4. The molecule has 0 spiro atoms. The van der Waals surface area contributed by atoms with Crippen LogP contribution in [0.2, 0.25) is 10.0 Å². The number of halogens is 2. The molecule has 2 rings (SSSR count). The zero-order valence-corrected chi connectivity index (χ0v) is 12.1. The quantitative estimate of drug-likeness (QED) is 0.860. The van der Waals surface area contributed by atoms with Crippen molar-refractivity contribution < 1.29 is 0 Å². The first-order valence-corrected chi connectivity index (χ1v) is 6.93. The Morgan fingerprint density at radius 1 is 1.17 bits per heavy atom. The minimum absolute atomic E-state index is 0.597. The molecule has 0 aliphatic carbocycles. The van der Waals surface area contributed by atoms with Crippen LogP contribution in [0.3, 0.4) is 0 Å². The van der Waals surface area contributed by atoms with Gasteiger partial charge in [-0.1, -0.05) is 37.0 Å². The van der Waals surface area contributed by atoms with Crippen molar-refractivity contribution in [1.29, 1.82) is 0 Å². The molecule has 2 aromatic rings. The van der Waals surface area contributed by atoms with Crippen molar-refractivity contribution in [3.63, 3.8) is 0 Å². The van der Waals surface area contributed by atoms with Gasteiger partial charge in [-0.05, 0) is 36.6 Å². The molecular formula is C14H16Cl2N2. The van der Waals surface area contributed by atoms with Crippen LogP contribution in [0.1, 0.15) is 25.8 Å². The lowest BCUT2D eigenvalue weighted by molar-refractivity contribution is 0.962. The Bertz CT molecular complexity index is 567. The van der Waals surface area contributed by atoms with E-state index in [-0.39, 0.29) is 0 Å². The highest BCUT2D eigenvalue weighted by molar-refractivity contribution is 6.38. The molecule has 18 heavy (non-hydrogen) atoms. The fourth-order valence-corrected chi connectivity index (χ4v) is 2.47. The second-order valence-electron chi connectivity index (χ2n) is 4.24. The molecule has 0 unspecified atom stereocenters. The number of benzene rings is 1.